The van der Waals surface area contributed by atoms with Crippen molar-refractivity contribution in [2.75, 3.05) is 13.2 Å². The van der Waals surface area contributed by atoms with Crippen molar-refractivity contribution in [2.45, 2.75) is 44.4 Å². The fourth-order valence-electron chi connectivity index (χ4n) is 4.01. The van der Waals surface area contributed by atoms with Crippen molar-refractivity contribution in [3.8, 4) is 11.4 Å². The summed E-state index contributed by atoms with van der Waals surface area (Å²) < 4.78 is 48.2. The van der Waals surface area contributed by atoms with E-state index in [2.05, 4.69) is 10.4 Å². The maximum Gasteiger partial charge on any atom is 0.416 e. The average Bonchev–Trinajstić information content (AvgIpc) is 3.63. The highest BCUT2D eigenvalue weighted by Crippen LogP contribution is 2.37. The summed E-state index contributed by atoms with van der Waals surface area (Å²) in [4.78, 5) is 38.3. The van der Waals surface area contributed by atoms with E-state index in [1.807, 2.05) is 0 Å². The van der Waals surface area contributed by atoms with Gasteiger partial charge in [-0.3, -0.25) is 14.2 Å². The molecule has 1 saturated carbocycles. The number of hydrogen-bond acceptors (Lipinski definition) is 5. The van der Waals surface area contributed by atoms with Crippen molar-refractivity contribution in [1.82, 2.24) is 19.7 Å². The van der Waals surface area contributed by atoms with Crippen LogP contribution in [0.3, 0.4) is 0 Å². The van der Waals surface area contributed by atoms with Crippen LogP contribution in [-0.2, 0) is 27.0 Å². The van der Waals surface area contributed by atoms with Crippen LogP contribution in [0.1, 0.15) is 42.9 Å². The third-order valence-corrected chi connectivity index (χ3v) is 6.15. The van der Waals surface area contributed by atoms with Crippen molar-refractivity contribution in [1.29, 1.82) is 0 Å². The van der Waals surface area contributed by atoms with Crippen molar-refractivity contribution >= 4 is 23.5 Å². The number of halogens is 4. The van der Waals surface area contributed by atoms with Gasteiger partial charge in [-0.1, -0.05) is 29.8 Å². The Morgan fingerprint density at radius 2 is 1.84 bits per heavy atom. The second-order valence-corrected chi connectivity index (χ2v) is 9.00. The molecule has 1 unspecified atom stereocenters. The molecular formula is C25H24ClF3N4O4. The van der Waals surface area contributed by atoms with Crippen LogP contribution in [0.2, 0.25) is 5.02 Å². The number of aromatic nitrogens is 3. The van der Waals surface area contributed by atoms with Crippen LogP contribution in [0, 0.1) is 0 Å². The lowest BCUT2D eigenvalue weighted by Gasteiger charge is -2.20. The smallest absolute Gasteiger partial charge is 0.416 e. The first-order valence-electron chi connectivity index (χ1n) is 11.6. The zero-order valence-corrected chi connectivity index (χ0v) is 20.6. The summed E-state index contributed by atoms with van der Waals surface area (Å²) in [5.74, 6) is -2.60. The topological polar surface area (TPSA) is 95.2 Å². The molecule has 8 nitrogen and oxygen atoms in total. The molecule has 1 aliphatic rings. The lowest BCUT2D eigenvalue weighted by Crippen LogP contribution is -2.37. The van der Waals surface area contributed by atoms with E-state index in [1.54, 1.807) is 24.3 Å². The first kappa shape index (κ1) is 26.5. The third kappa shape index (κ3) is 6.04. The molecule has 12 heteroatoms. The molecule has 1 amide bonds. The Kier molecular flexibility index (Phi) is 7.72. The van der Waals surface area contributed by atoms with E-state index in [4.69, 9.17) is 16.3 Å². The summed E-state index contributed by atoms with van der Waals surface area (Å²) in [5.41, 5.74) is -1.13. The molecule has 1 atom stereocenters. The average molecular weight is 537 g/mol. The van der Waals surface area contributed by atoms with Crippen molar-refractivity contribution in [2.24, 2.45) is 0 Å². The highest BCUT2D eigenvalue weighted by Gasteiger charge is 2.37. The Morgan fingerprint density at radius 1 is 1.16 bits per heavy atom. The van der Waals surface area contributed by atoms with Gasteiger partial charge in [-0.05, 0) is 55.7 Å². The molecule has 4 rings (SSSR count). The quantitative estimate of drug-likeness (QED) is 0.414. The minimum absolute atomic E-state index is 0.0259. The van der Waals surface area contributed by atoms with Gasteiger partial charge in [0.1, 0.15) is 6.54 Å². The first-order chi connectivity index (χ1) is 17.6. The van der Waals surface area contributed by atoms with Crippen LogP contribution >= 0.6 is 11.6 Å². The summed E-state index contributed by atoms with van der Waals surface area (Å²) >= 11 is 5.96. The predicted octanol–water partition coefficient (Wildman–Crippen LogP) is 4.18. The van der Waals surface area contributed by atoms with E-state index in [0.717, 1.165) is 23.6 Å². The predicted molar refractivity (Wildman–Crippen MR) is 129 cm³/mol. The summed E-state index contributed by atoms with van der Waals surface area (Å²) in [6, 6.07) is 11.4. The summed E-state index contributed by atoms with van der Waals surface area (Å²) in [7, 11) is 0. The van der Waals surface area contributed by atoms with E-state index in [0.29, 0.717) is 16.4 Å². The standard InChI is InChI=1S/C25H24ClF3N4O4/c1-2-37-23(35)19(18-5-3-4-6-20(18)25(27,28)29)13-30-21(34)14-32-24(36)33(17-11-12-17)22(31-32)15-7-9-16(26)10-8-15/h3-10,17,19H,2,11-14H2,1H3,(H,30,34). The number of rotatable bonds is 9. The van der Waals surface area contributed by atoms with Gasteiger partial charge in [0.15, 0.2) is 5.82 Å². The molecule has 37 heavy (non-hydrogen) atoms. The van der Waals surface area contributed by atoms with E-state index in [9.17, 15) is 27.6 Å². The van der Waals surface area contributed by atoms with E-state index in [-0.39, 0.29) is 18.2 Å². The molecule has 0 bridgehead atoms. The number of benzene rings is 2. The van der Waals surface area contributed by atoms with Gasteiger partial charge >= 0.3 is 17.8 Å². The molecule has 0 saturated heterocycles. The number of alkyl halides is 3. The highest BCUT2D eigenvalue weighted by molar-refractivity contribution is 6.30. The number of amides is 1. The molecule has 0 radical (unpaired) electrons. The Balaban J connectivity index is 1.55. The number of esters is 1. The lowest BCUT2D eigenvalue weighted by molar-refractivity contribution is -0.146. The zero-order chi connectivity index (χ0) is 26.7. The van der Waals surface area contributed by atoms with Crippen LogP contribution in [0.25, 0.3) is 11.4 Å². The maximum atomic E-state index is 13.6. The van der Waals surface area contributed by atoms with Crippen molar-refractivity contribution in [3.63, 3.8) is 0 Å². The van der Waals surface area contributed by atoms with Crippen LogP contribution < -0.4 is 11.0 Å². The Bertz CT molecular complexity index is 1350. The number of carbonyl (C=O) groups excluding carboxylic acids is 2. The van der Waals surface area contributed by atoms with Gasteiger partial charge in [-0.25, -0.2) is 9.48 Å². The number of hydrogen-bond donors (Lipinski definition) is 1. The van der Waals surface area contributed by atoms with Gasteiger partial charge in [0.2, 0.25) is 5.91 Å². The number of carbonyl (C=O) groups is 2. The molecule has 1 heterocycles. The SMILES string of the molecule is CCOC(=O)C(CNC(=O)Cn1nc(-c2ccc(Cl)cc2)n(C2CC2)c1=O)c1ccccc1C(F)(F)F. The van der Waals surface area contributed by atoms with E-state index >= 15 is 0 Å². The maximum absolute atomic E-state index is 13.6. The molecule has 1 aromatic heterocycles. The second-order valence-electron chi connectivity index (χ2n) is 8.57. The molecule has 1 aliphatic carbocycles. The minimum atomic E-state index is -4.70. The molecular weight excluding hydrogens is 513 g/mol. The van der Waals surface area contributed by atoms with Crippen molar-refractivity contribution < 1.29 is 27.5 Å². The van der Waals surface area contributed by atoms with Crippen molar-refractivity contribution in [3.05, 3.63) is 75.2 Å². The van der Waals surface area contributed by atoms with Gasteiger partial charge in [0.05, 0.1) is 18.1 Å². The fraction of sp³-hybridized carbons (Fsp3) is 0.360. The number of nitrogens with zero attached hydrogens (tertiary/aromatic N) is 3. The van der Waals surface area contributed by atoms with Gasteiger partial charge in [0.25, 0.3) is 0 Å². The second kappa shape index (κ2) is 10.8. The Hall–Kier alpha value is -3.60. The summed E-state index contributed by atoms with van der Waals surface area (Å²) in [5, 5.41) is 7.31. The van der Waals surface area contributed by atoms with Gasteiger partial charge in [0, 0.05) is 23.2 Å². The number of ether oxygens (including phenoxy) is 1. The van der Waals surface area contributed by atoms with Crippen LogP contribution in [0.4, 0.5) is 13.2 Å². The molecule has 1 fully saturated rings. The molecule has 0 spiro atoms. The van der Waals surface area contributed by atoms with Gasteiger partial charge in [-0.15, -0.1) is 5.10 Å². The van der Waals surface area contributed by atoms with E-state index < -0.39 is 48.3 Å². The highest BCUT2D eigenvalue weighted by atomic mass is 35.5. The van der Waals surface area contributed by atoms with Crippen LogP contribution in [0.15, 0.2) is 53.3 Å². The van der Waals surface area contributed by atoms with E-state index in [1.165, 1.54) is 29.7 Å². The summed E-state index contributed by atoms with van der Waals surface area (Å²) in [6.45, 7) is 0.561. The van der Waals surface area contributed by atoms with Crippen LogP contribution in [0.5, 0.6) is 0 Å². The monoisotopic (exact) mass is 536 g/mol. The van der Waals surface area contributed by atoms with Crippen LogP contribution in [-0.4, -0.2) is 39.4 Å². The molecule has 1 N–H and O–H groups in total. The van der Waals surface area contributed by atoms with Gasteiger partial charge < -0.3 is 10.1 Å². The summed E-state index contributed by atoms with van der Waals surface area (Å²) in [6.07, 6.45) is -3.09. The molecule has 196 valence electrons. The Labute approximate surface area is 215 Å². The first-order valence-corrected chi connectivity index (χ1v) is 12.0. The lowest BCUT2D eigenvalue weighted by atomic mass is 9.93. The molecule has 3 aromatic rings. The Morgan fingerprint density at radius 3 is 2.46 bits per heavy atom. The normalized spacial score (nSPS) is 14.3. The minimum Gasteiger partial charge on any atom is -0.465 e. The molecule has 0 aliphatic heterocycles. The fourth-order valence-corrected chi connectivity index (χ4v) is 4.14. The third-order valence-electron chi connectivity index (χ3n) is 5.89. The molecule has 2 aromatic carbocycles. The van der Waals surface area contributed by atoms with Gasteiger partial charge in [-0.2, -0.15) is 13.2 Å². The zero-order valence-electron chi connectivity index (χ0n) is 19.8. The largest absolute Gasteiger partial charge is 0.465 e. The number of nitrogens with one attached hydrogen (secondary N) is 1.